The van der Waals surface area contributed by atoms with Crippen molar-refractivity contribution < 1.29 is 19.0 Å². The van der Waals surface area contributed by atoms with Crippen LogP contribution in [0, 0.1) is 5.82 Å². The average Bonchev–Trinajstić information content (AvgIpc) is 3.25. The number of piperazine rings is 1. The molecule has 4 aromatic rings. The lowest BCUT2D eigenvalue weighted by Gasteiger charge is -2.34. The second kappa shape index (κ2) is 11.6. The number of hydrogen-bond acceptors (Lipinski definition) is 6. The number of halogens is 1. The minimum absolute atomic E-state index is 0.170. The van der Waals surface area contributed by atoms with Gasteiger partial charge in [-0.05, 0) is 55.2 Å². The lowest BCUT2D eigenvalue weighted by molar-refractivity contribution is 0.0694. The molecule has 9 heteroatoms. The Hall–Kier alpha value is -3.98. The Bertz CT molecular complexity index is 1400. The smallest absolute Gasteiger partial charge is 0.339 e. The standard InChI is InChI=1S/C29H32FN5O3/c1-33-20-21(24-6-2-3-8-27(24)33)5-4-7-26-25(28(36)37)19-31-29(32-26)35-15-13-34(14-16-35)17-18-38-23-11-9-22(30)10-12-23/h2-3,6,8-12,19-20H,4-5,7,13-18H2,1H3,(H,36,37). The highest BCUT2D eigenvalue weighted by Gasteiger charge is 2.21. The molecule has 0 unspecified atom stereocenters. The molecule has 2 aromatic heterocycles. The molecule has 1 N–H and O–H groups in total. The minimum atomic E-state index is -0.998. The Morgan fingerprint density at radius 1 is 1.05 bits per heavy atom. The van der Waals surface area contributed by atoms with E-state index in [9.17, 15) is 14.3 Å². The highest BCUT2D eigenvalue weighted by atomic mass is 19.1. The quantitative estimate of drug-likeness (QED) is 0.338. The van der Waals surface area contributed by atoms with Gasteiger partial charge in [-0.3, -0.25) is 4.90 Å². The summed E-state index contributed by atoms with van der Waals surface area (Å²) in [6.07, 6.45) is 5.81. The van der Waals surface area contributed by atoms with Crippen LogP contribution in [0.3, 0.4) is 0 Å². The second-order valence-corrected chi connectivity index (χ2v) is 9.60. The predicted octanol–water partition coefficient (Wildman–Crippen LogP) is 4.18. The summed E-state index contributed by atoms with van der Waals surface area (Å²) < 4.78 is 20.9. The molecule has 3 heterocycles. The zero-order valence-corrected chi connectivity index (χ0v) is 21.5. The molecule has 0 aliphatic carbocycles. The van der Waals surface area contributed by atoms with E-state index in [0.29, 0.717) is 30.4 Å². The highest BCUT2D eigenvalue weighted by molar-refractivity contribution is 5.88. The van der Waals surface area contributed by atoms with Gasteiger partial charge in [0.2, 0.25) is 5.95 Å². The first-order valence-electron chi connectivity index (χ1n) is 13.0. The van der Waals surface area contributed by atoms with Gasteiger partial charge < -0.3 is 19.3 Å². The van der Waals surface area contributed by atoms with E-state index in [1.807, 2.05) is 19.2 Å². The van der Waals surface area contributed by atoms with Crippen molar-refractivity contribution in [1.29, 1.82) is 0 Å². The fourth-order valence-corrected chi connectivity index (χ4v) is 4.99. The first-order chi connectivity index (χ1) is 18.5. The van der Waals surface area contributed by atoms with Crippen molar-refractivity contribution in [2.45, 2.75) is 19.3 Å². The van der Waals surface area contributed by atoms with E-state index in [4.69, 9.17) is 9.72 Å². The molecule has 1 saturated heterocycles. The normalized spacial score (nSPS) is 14.2. The van der Waals surface area contributed by atoms with Crippen molar-refractivity contribution in [2.75, 3.05) is 44.2 Å². The van der Waals surface area contributed by atoms with Crippen LogP contribution in [0.25, 0.3) is 10.9 Å². The van der Waals surface area contributed by atoms with Gasteiger partial charge in [0.1, 0.15) is 18.2 Å². The largest absolute Gasteiger partial charge is 0.492 e. The Kier molecular flexibility index (Phi) is 7.83. The molecule has 0 atom stereocenters. The number of para-hydroxylation sites is 1. The van der Waals surface area contributed by atoms with Crippen molar-refractivity contribution in [1.82, 2.24) is 19.4 Å². The zero-order valence-electron chi connectivity index (χ0n) is 21.5. The van der Waals surface area contributed by atoms with E-state index in [2.05, 4.69) is 37.7 Å². The maximum absolute atomic E-state index is 13.0. The molecule has 1 fully saturated rings. The molecule has 0 saturated carbocycles. The molecule has 198 valence electrons. The van der Waals surface area contributed by atoms with Crippen LogP contribution in [-0.2, 0) is 19.9 Å². The number of hydrogen-bond donors (Lipinski definition) is 1. The number of carboxylic acid groups (broad SMARTS) is 1. The molecule has 0 spiro atoms. The summed E-state index contributed by atoms with van der Waals surface area (Å²) in [7, 11) is 2.05. The van der Waals surface area contributed by atoms with Crippen LogP contribution in [0.1, 0.15) is 28.0 Å². The number of fused-ring (bicyclic) bond motifs is 1. The summed E-state index contributed by atoms with van der Waals surface area (Å²) in [5.41, 5.74) is 3.20. The molecule has 5 rings (SSSR count). The minimum Gasteiger partial charge on any atom is -0.492 e. The summed E-state index contributed by atoms with van der Waals surface area (Å²) in [5.74, 6) is -0.0370. The van der Waals surface area contributed by atoms with Crippen LogP contribution in [0.5, 0.6) is 5.75 Å². The number of ether oxygens (including phenoxy) is 1. The lowest BCUT2D eigenvalue weighted by Crippen LogP contribution is -2.48. The molecule has 38 heavy (non-hydrogen) atoms. The van der Waals surface area contributed by atoms with E-state index in [0.717, 1.165) is 45.6 Å². The van der Waals surface area contributed by atoms with E-state index in [-0.39, 0.29) is 11.4 Å². The van der Waals surface area contributed by atoms with Gasteiger partial charge in [-0.1, -0.05) is 18.2 Å². The number of anilines is 1. The number of carbonyl (C=O) groups is 1. The average molecular weight is 518 g/mol. The molecular weight excluding hydrogens is 485 g/mol. The van der Waals surface area contributed by atoms with Crippen molar-refractivity contribution in [2.24, 2.45) is 7.05 Å². The maximum atomic E-state index is 13.0. The van der Waals surface area contributed by atoms with Crippen LogP contribution in [0.15, 0.2) is 60.9 Å². The van der Waals surface area contributed by atoms with Gasteiger partial charge in [0.05, 0.1) is 11.3 Å². The van der Waals surface area contributed by atoms with Crippen molar-refractivity contribution >= 4 is 22.8 Å². The Labute approximate surface area is 221 Å². The van der Waals surface area contributed by atoms with E-state index in [1.165, 1.54) is 34.8 Å². The topological polar surface area (TPSA) is 83.7 Å². The number of aryl methyl sites for hydroxylation is 3. The SMILES string of the molecule is Cn1cc(CCCc2nc(N3CCN(CCOc4ccc(F)cc4)CC3)ncc2C(=O)O)c2ccccc21. The van der Waals surface area contributed by atoms with Crippen LogP contribution in [0.2, 0.25) is 0 Å². The van der Waals surface area contributed by atoms with Gasteiger partial charge in [-0.15, -0.1) is 0 Å². The monoisotopic (exact) mass is 517 g/mol. The number of nitrogens with zero attached hydrogens (tertiary/aromatic N) is 5. The third-order valence-corrected chi connectivity index (χ3v) is 7.07. The third-order valence-electron chi connectivity index (χ3n) is 7.07. The molecule has 0 amide bonds. The predicted molar refractivity (Wildman–Crippen MR) is 144 cm³/mol. The van der Waals surface area contributed by atoms with Gasteiger partial charge in [-0.2, -0.15) is 0 Å². The van der Waals surface area contributed by atoms with Gasteiger partial charge in [0.15, 0.2) is 0 Å². The fraction of sp³-hybridized carbons (Fsp3) is 0.345. The Balaban J connectivity index is 1.16. The summed E-state index contributed by atoms with van der Waals surface area (Å²) in [6, 6.07) is 14.4. The summed E-state index contributed by atoms with van der Waals surface area (Å²) >= 11 is 0. The van der Waals surface area contributed by atoms with Gasteiger partial charge in [0.25, 0.3) is 0 Å². The third kappa shape index (κ3) is 5.94. The number of rotatable bonds is 10. The number of benzene rings is 2. The first kappa shape index (κ1) is 25.7. The lowest BCUT2D eigenvalue weighted by atomic mass is 10.0. The Morgan fingerprint density at radius 2 is 1.82 bits per heavy atom. The fourth-order valence-electron chi connectivity index (χ4n) is 4.99. The van der Waals surface area contributed by atoms with Crippen LogP contribution in [0.4, 0.5) is 10.3 Å². The Morgan fingerprint density at radius 3 is 2.58 bits per heavy atom. The molecule has 0 bridgehead atoms. The molecule has 1 aliphatic heterocycles. The van der Waals surface area contributed by atoms with Crippen LogP contribution >= 0.6 is 0 Å². The summed E-state index contributed by atoms with van der Waals surface area (Å²) in [6.45, 7) is 4.44. The number of aromatic nitrogens is 3. The molecular formula is C29H32FN5O3. The molecule has 2 aromatic carbocycles. The number of carboxylic acids is 1. The highest BCUT2D eigenvalue weighted by Crippen LogP contribution is 2.23. The van der Waals surface area contributed by atoms with Crippen molar-refractivity contribution in [3.05, 3.63) is 83.6 Å². The summed E-state index contributed by atoms with van der Waals surface area (Å²) in [4.78, 5) is 25.4. The van der Waals surface area contributed by atoms with E-state index in [1.54, 1.807) is 12.1 Å². The van der Waals surface area contributed by atoms with Crippen LogP contribution in [-0.4, -0.2) is 69.8 Å². The number of aromatic carboxylic acids is 1. The maximum Gasteiger partial charge on any atom is 0.339 e. The molecule has 0 radical (unpaired) electrons. The second-order valence-electron chi connectivity index (χ2n) is 9.60. The van der Waals surface area contributed by atoms with Gasteiger partial charge in [0, 0.05) is 63.1 Å². The van der Waals surface area contributed by atoms with Crippen molar-refractivity contribution in [3.63, 3.8) is 0 Å². The molecule has 8 nitrogen and oxygen atoms in total. The summed E-state index contributed by atoms with van der Waals surface area (Å²) in [5, 5.41) is 10.9. The van der Waals surface area contributed by atoms with Gasteiger partial charge in [-0.25, -0.2) is 19.2 Å². The van der Waals surface area contributed by atoms with E-state index < -0.39 is 5.97 Å². The van der Waals surface area contributed by atoms with E-state index >= 15 is 0 Å². The van der Waals surface area contributed by atoms with Crippen molar-refractivity contribution in [3.8, 4) is 5.75 Å². The van der Waals surface area contributed by atoms with Gasteiger partial charge >= 0.3 is 5.97 Å². The zero-order chi connectivity index (χ0) is 26.5. The van der Waals surface area contributed by atoms with Crippen LogP contribution < -0.4 is 9.64 Å². The molecule has 1 aliphatic rings. The first-order valence-corrected chi connectivity index (χ1v) is 13.0.